The maximum Gasteiger partial charge on any atom is 0.241 e. The van der Waals surface area contributed by atoms with Crippen LogP contribution in [0, 0.1) is 0 Å². The van der Waals surface area contributed by atoms with E-state index in [1.807, 2.05) is 6.92 Å². The van der Waals surface area contributed by atoms with Crippen LogP contribution in [0.15, 0.2) is 0 Å². The molecule has 3 aliphatic heterocycles. The molecule has 4 heteroatoms. The molecule has 0 aromatic rings. The van der Waals surface area contributed by atoms with E-state index < -0.39 is 0 Å². The summed E-state index contributed by atoms with van der Waals surface area (Å²) >= 11 is 0. The van der Waals surface area contributed by atoms with Gasteiger partial charge in [-0.15, -0.1) is 0 Å². The van der Waals surface area contributed by atoms with E-state index in [0.29, 0.717) is 18.0 Å². The standard InChI is InChI=1S/C12H21N3O/c1-8-12(16)15(9(2)13-8)11-5-7-14-6-3-4-10(11)14/h8-11,13H,3-7H2,1-2H3. The van der Waals surface area contributed by atoms with E-state index in [0.717, 1.165) is 6.42 Å². The largest absolute Gasteiger partial charge is 0.321 e. The first-order valence-corrected chi connectivity index (χ1v) is 6.51. The molecule has 0 bridgehead atoms. The van der Waals surface area contributed by atoms with Gasteiger partial charge in [-0.25, -0.2) is 0 Å². The van der Waals surface area contributed by atoms with Crippen LogP contribution < -0.4 is 5.32 Å². The third kappa shape index (κ3) is 1.39. The number of hydrogen-bond acceptors (Lipinski definition) is 3. The lowest BCUT2D eigenvalue weighted by Gasteiger charge is -2.32. The lowest BCUT2D eigenvalue weighted by molar-refractivity contribution is -0.132. The number of carbonyl (C=O) groups excluding carboxylic acids is 1. The number of nitrogens with one attached hydrogen (secondary N) is 1. The maximum atomic E-state index is 12.1. The van der Waals surface area contributed by atoms with E-state index in [9.17, 15) is 4.79 Å². The highest BCUT2D eigenvalue weighted by molar-refractivity contribution is 5.84. The molecule has 90 valence electrons. The molecule has 0 aromatic heterocycles. The monoisotopic (exact) mass is 223 g/mol. The molecule has 16 heavy (non-hydrogen) atoms. The number of fused-ring (bicyclic) bond motifs is 1. The van der Waals surface area contributed by atoms with Crippen molar-refractivity contribution in [3.8, 4) is 0 Å². The summed E-state index contributed by atoms with van der Waals surface area (Å²) in [5.74, 6) is 0.297. The van der Waals surface area contributed by atoms with Crippen molar-refractivity contribution in [3.05, 3.63) is 0 Å². The van der Waals surface area contributed by atoms with Gasteiger partial charge in [0.1, 0.15) is 0 Å². The van der Waals surface area contributed by atoms with Crippen molar-refractivity contribution < 1.29 is 4.79 Å². The fourth-order valence-electron chi connectivity index (χ4n) is 3.76. The maximum absolute atomic E-state index is 12.1. The topological polar surface area (TPSA) is 35.6 Å². The average Bonchev–Trinajstić information content (AvgIpc) is 2.86. The molecule has 1 N–H and O–H groups in total. The number of carbonyl (C=O) groups is 1. The fraction of sp³-hybridized carbons (Fsp3) is 0.917. The van der Waals surface area contributed by atoms with Crippen LogP contribution in [0.1, 0.15) is 33.1 Å². The second-order valence-corrected chi connectivity index (χ2v) is 5.41. The Morgan fingerprint density at radius 2 is 2.00 bits per heavy atom. The third-order valence-corrected chi connectivity index (χ3v) is 4.46. The molecule has 0 aliphatic carbocycles. The molecule has 3 rings (SSSR count). The van der Waals surface area contributed by atoms with Gasteiger partial charge in [0.2, 0.25) is 5.91 Å². The van der Waals surface area contributed by atoms with Gasteiger partial charge in [-0.3, -0.25) is 15.0 Å². The quantitative estimate of drug-likeness (QED) is 0.698. The molecule has 0 spiro atoms. The number of amides is 1. The average molecular weight is 223 g/mol. The van der Waals surface area contributed by atoms with Crippen LogP contribution in [0.5, 0.6) is 0 Å². The first-order chi connectivity index (χ1) is 7.68. The first kappa shape index (κ1) is 10.5. The van der Waals surface area contributed by atoms with Crippen molar-refractivity contribution in [2.24, 2.45) is 0 Å². The summed E-state index contributed by atoms with van der Waals surface area (Å²) in [7, 11) is 0. The molecular formula is C12H21N3O. The minimum atomic E-state index is 0.00505. The summed E-state index contributed by atoms with van der Waals surface area (Å²) in [5, 5.41) is 3.33. The molecule has 3 saturated heterocycles. The summed E-state index contributed by atoms with van der Waals surface area (Å²) in [5.41, 5.74) is 0. The van der Waals surface area contributed by atoms with Crippen LogP contribution in [0.25, 0.3) is 0 Å². The molecule has 0 saturated carbocycles. The Kier molecular flexibility index (Phi) is 2.44. The zero-order valence-corrected chi connectivity index (χ0v) is 10.1. The molecule has 3 aliphatic rings. The van der Waals surface area contributed by atoms with Gasteiger partial charge in [-0.1, -0.05) is 0 Å². The summed E-state index contributed by atoms with van der Waals surface area (Å²) in [6.45, 7) is 6.50. The lowest BCUT2D eigenvalue weighted by Crippen LogP contribution is -2.48. The first-order valence-electron chi connectivity index (χ1n) is 6.51. The van der Waals surface area contributed by atoms with Gasteiger partial charge >= 0.3 is 0 Å². The van der Waals surface area contributed by atoms with Crippen molar-refractivity contribution in [1.82, 2.24) is 15.1 Å². The van der Waals surface area contributed by atoms with Gasteiger partial charge in [0.05, 0.1) is 18.2 Å². The van der Waals surface area contributed by atoms with Crippen molar-refractivity contribution in [1.29, 1.82) is 0 Å². The Labute approximate surface area is 97.0 Å². The van der Waals surface area contributed by atoms with Crippen LogP contribution in [0.2, 0.25) is 0 Å². The SMILES string of the molecule is CC1NC(C)N(C2CCN3CCCC23)C1=O. The molecule has 3 fully saturated rings. The van der Waals surface area contributed by atoms with Gasteiger partial charge in [0, 0.05) is 12.6 Å². The highest BCUT2D eigenvalue weighted by atomic mass is 16.2. The Balaban J connectivity index is 1.80. The summed E-state index contributed by atoms with van der Waals surface area (Å²) in [4.78, 5) is 16.8. The molecule has 3 heterocycles. The van der Waals surface area contributed by atoms with Crippen molar-refractivity contribution in [2.45, 2.75) is 57.4 Å². The normalized spacial score (nSPS) is 44.4. The smallest absolute Gasteiger partial charge is 0.241 e. The van der Waals surface area contributed by atoms with Gasteiger partial charge in [0.15, 0.2) is 0 Å². The van der Waals surface area contributed by atoms with Crippen LogP contribution in [-0.4, -0.2) is 53.1 Å². The lowest BCUT2D eigenvalue weighted by atomic mass is 10.0. The molecule has 4 nitrogen and oxygen atoms in total. The number of hydrogen-bond donors (Lipinski definition) is 1. The van der Waals surface area contributed by atoms with Crippen LogP contribution in [-0.2, 0) is 4.79 Å². The van der Waals surface area contributed by atoms with Gasteiger partial charge in [0.25, 0.3) is 0 Å². The predicted octanol–water partition coefficient (Wildman–Crippen LogP) is 0.389. The van der Waals surface area contributed by atoms with E-state index in [-0.39, 0.29) is 12.2 Å². The second kappa shape index (κ2) is 3.70. The second-order valence-electron chi connectivity index (χ2n) is 5.41. The fourth-order valence-corrected chi connectivity index (χ4v) is 3.76. The van der Waals surface area contributed by atoms with Crippen molar-refractivity contribution >= 4 is 5.91 Å². The molecule has 0 radical (unpaired) electrons. The Morgan fingerprint density at radius 3 is 2.69 bits per heavy atom. The predicted molar refractivity (Wildman–Crippen MR) is 61.9 cm³/mol. The minimum absolute atomic E-state index is 0.00505. The zero-order valence-electron chi connectivity index (χ0n) is 10.1. The Bertz CT molecular complexity index is 307. The third-order valence-electron chi connectivity index (χ3n) is 4.46. The van der Waals surface area contributed by atoms with E-state index in [1.165, 1.54) is 25.9 Å². The highest BCUT2D eigenvalue weighted by Crippen LogP contribution is 2.33. The summed E-state index contributed by atoms with van der Waals surface area (Å²) in [6, 6.07) is 1.10. The van der Waals surface area contributed by atoms with E-state index in [1.54, 1.807) is 0 Å². The Morgan fingerprint density at radius 1 is 1.19 bits per heavy atom. The highest BCUT2D eigenvalue weighted by Gasteiger charge is 2.46. The van der Waals surface area contributed by atoms with Crippen LogP contribution in [0.3, 0.4) is 0 Å². The summed E-state index contributed by atoms with van der Waals surface area (Å²) < 4.78 is 0. The molecule has 1 amide bonds. The van der Waals surface area contributed by atoms with E-state index in [4.69, 9.17) is 0 Å². The van der Waals surface area contributed by atoms with Crippen LogP contribution in [0.4, 0.5) is 0 Å². The van der Waals surface area contributed by atoms with Crippen molar-refractivity contribution in [2.75, 3.05) is 13.1 Å². The van der Waals surface area contributed by atoms with Crippen molar-refractivity contribution in [3.63, 3.8) is 0 Å². The molecule has 4 unspecified atom stereocenters. The number of rotatable bonds is 1. The number of nitrogens with zero attached hydrogens (tertiary/aromatic N) is 2. The summed E-state index contributed by atoms with van der Waals surface area (Å²) in [6.07, 6.45) is 3.96. The molecule has 0 aromatic carbocycles. The van der Waals surface area contributed by atoms with Gasteiger partial charge in [-0.2, -0.15) is 0 Å². The van der Waals surface area contributed by atoms with E-state index >= 15 is 0 Å². The van der Waals surface area contributed by atoms with Gasteiger partial charge < -0.3 is 4.90 Å². The van der Waals surface area contributed by atoms with E-state index in [2.05, 4.69) is 22.0 Å². The molecular weight excluding hydrogens is 202 g/mol. The Hall–Kier alpha value is -0.610. The molecule has 4 atom stereocenters. The zero-order chi connectivity index (χ0) is 11.3. The van der Waals surface area contributed by atoms with Crippen LogP contribution >= 0.6 is 0 Å². The van der Waals surface area contributed by atoms with Gasteiger partial charge in [-0.05, 0) is 39.7 Å². The minimum Gasteiger partial charge on any atom is -0.321 e.